The first kappa shape index (κ1) is 16.2. The number of aryl methyl sites for hydroxylation is 1. The predicted molar refractivity (Wildman–Crippen MR) is 72.8 cm³/mol. The largest absolute Gasteiger partial charge is 0.390 e. The molecule has 0 saturated heterocycles. The fourth-order valence-electron chi connectivity index (χ4n) is 1.58. The highest BCUT2D eigenvalue weighted by molar-refractivity contribution is 7.15. The molecule has 0 aliphatic rings. The lowest BCUT2D eigenvalue weighted by Gasteiger charge is -2.16. The minimum atomic E-state index is -4.12. The number of hydrogen-bond acceptors (Lipinski definition) is 4. The van der Waals surface area contributed by atoms with E-state index in [0.29, 0.717) is 5.13 Å². The van der Waals surface area contributed by atoms with Crippen molar-refractivity contribution < 1.29 is 13.2 Å². The molecule has 0 aliphatic carbocycles. The van der Waals surface area contributed by atoms with E-state index in [9.17, 15) is 13.2 Å². The summed E-state index contributed by atoms with van der Waals surface area (Å²) in [6.07, 6.45) is -4.14. The first-order valence-electron chi connectivity index (χ1n) is 6.34. The van der Waals surface area contributed by atoms with Gasteiger partial charge in [-0.25, -0.2) is 4.98 Å². The van der Waals surface area contributed by atoms with Crippen LogP contribution in [-0.2, 0) is 13.0 Å². The molecule has 1 rings (SSSR count). The van der Waals surface area contributed by atoms with Crippen LogP contribution in [0, 0.1) is 0 Å². The minimum absolute atomic E-state index is 0.0547. The fourth-order valence-corrected chi connectivity index (χ4v) is 2.68. The maximum atomic E-state index is 12.2. The molecule has 7 heteroatoms. The number of aromatic nitrogens is 1. The maximum Gasteiger partial charge on any atom is 0.390 e. The van der Waals surface area contributed by atoms with Crippen LogP contribution in [0.4, 0.5) is 18.3 Å². The Labute approximate surface area is 115 Å². The van der Waals surface area contributed by atoms with Crippen LogP contribution >= 0.6 is 11.3 Å². The van der Waals surface area contributed by atoms with E-state index in [-0.39, 0.29) is 6.54 Å². The molecule has 0 unspecified atom stereocenters. The van der Waals surface area contributed by atoms with E-state index >= 15 is 0 Å². The SMILES string of the molecule is CCNCc1sc(N(C)CCC(F)(F)F)nc1CC. The summed E-state index contributed by atoms with van der Waals surface area (Å²) in [6, 6.07) is 0. The van der Waals surface area contributed by atoms with Gasteiger partial charge in [0.2, 0.25) is 0 Å². The molecular formula is C12H20F3N3S. The van der Waals surface area contributed by atoms with Gasteiger partial charge in [0.25, 0.3) is 0 Å². The fraction of sp³-hybridized carbons (Fsp3) is 0.750. The molecule has 0 atom stereocenters. The van der Waals surface area contributed by atoms with Gasteiger partial charge < -0.3 is 10.2 Å². The summed E-state index contributed by atoms with van der Waals surface area (Å²) in [4.78, 5) is 7.10. The Kier molecular flexibility index (Phi) is 6.06. The smallest absolute Gasteiger partial charge is 0.351 e. The zero-order valence-electron chi connectivity index (χ0n) is 11.5. The lowest BCUT2D eigenvalue weighted by molar-refractivity contribution is -0.132. The van der Waals surface area contributed by atoms with E-state index in [4.69, 9.17) is 0 Å². The van der Waals surface area contributed by atoms with Crippen LogP contribution < -0.4 is 10.2 Å². The van der Waals surface area contributed by atoms with E-state index in [1.807, 2.05) is 13.8 Å². The van der Waals surface area contributed by atoms with Gasteiger partial charge in [-0.2, -0.15) is 13.2 Å². The maximum absolute atomic E-state index is 12.2. The molecule has 0 bridgehead atoms. The number of rotatable bonds is 7. The van der Waals surface area contributed by atoms with Crippen molar-refractivity contribution >= 4 is 16.5 Å². The lowest BCUT2D eigenvalue weighted by atomic mass is 10.3. The van der Waals surface area contributed by atoms with Gasteiger partial charge in [-0.05, 0) is 13.0 Å². The second kappa shape index (κ2) is 7.09. The summed E-state index contributed by atoms with van der Waals surface area (Å²) in [7, 11) is 1.65. The Balaban J connectivity index is 2.69. The standard InChI is InChI=1S/C12H20F3N3S/c1-4-9-10(8-16-5-2)19-11(17-9)18(3)7-6-12(13,14)15/h16H,4-8H2,1-3H3. The van der Waals surface area contributed by atoms with E-state index in [2.05, 4.69) is 10.3 Å². The van der Waals surface area contributed by atoms with Gasteiger partial charge >= 0.3 is 6.18 Å². The van der Waals surface area contributed by atoms with Crippen molar-refractivity contribution in [2.24, 2.45) is 0 Å². The number of anilines is 1. The molecule has 1 heterocycles. The van der Waals surface area contributed by atoms with Gasteiger partial charge in [0.1, 0.15) is 0 Å². The zero-order valence-corrected chi connectivity index (χ0v) is 12.3. The topological polar surface area (TPSA) is 28.2 Å². The quantitative estimate of drug-likeness (QED) is 0.837. The number of nitrogens with one attached hydrogen (secondary N) is 1. The van der Waals surface area contributed by atoms with Crippen LogP contribution in [0.15, 0.2) is 0 Å². The molecule has 110 valence electrons. The van der Waals surface area contributed by atoms with Crippen LogP contribution in [0.25, 0.3) is 0 Å². The Morgan fingerprint density at radius 2 is 2.00 bits per heavy atom. The molecule has 1 aromatic heterocycles. The Morgan fingerprint density at radius 3 is 2.53 bits per heavy atom. The number of thiazole rings is 1. The van der Waals surface area contributed by atoms with E-state index in [0.717, 1.165) is 30.1 Å². The summed E-state index contributed by atoms with van der Waals surface area (Å²) < 4.78 is 36.6. The van der Waals surface area contributed by atoms with Crippen molar-refractivity contribution in [1.82, 2.24) is 10.3 Å². The van der Waals surface area contributed by atoms with Crippen molar-refractivity contribution in [2.75, 3.05) is 25.0 Å². The normalized spacial score (nSPS) is 11.9. The van der Waals surface area contributed by atoms with Gasteiger partial charge in [-0.1, -0.05) is 13.8 Å². The van der Waals surface area contributed by atoms with E-state index in [1.165, 1.54) is 11.3 Å². The van der Waals surface area contributed by atoms with Gasteiger partial charge in [0.15, 0.2) is 5.13 Å². The molecule has 0 spiro atoms. The number of nitrogens with zero attached hydrogens (tertiary/aromatic N) is 2. The average molecular weight is 295 g/mol. The number of alkyl halides is 3. The van der Waals surface area contributed by atoms with Crippen LogP contribution in [0.1, 0.15) is 30.8 Å². The first-order chi connectivity index (χ1) is 8.87. The highest BCUT2D eigenvalue weighted by Crippen LogP contribution is 2.27. The minimum Gasteiger partial charge on any atom is -0.351 e. The van der Waals surface area contributed by atoms with Crippen LogP contribution in [0.2, 0.25) is 0 Å². The summed E-state index contributed by atoms with van der Waals surface area (Å²) in [5.74, 6) is 0. The molecule has 0 amide bonds. The average Bonchev–Trinajstić information content (AvgIpc) is 2.75. The summed E-state index contributed by atoms with van der Waals surface area (Å²) in [6.45, 7) is 5.55. The Morgan fingerprint density at radius 1 is 1.32 bits per heavy atom. The molecular weight excluding hydrogens is 275 g/mol. The summed E-state index contributed by atoms with van der Waals surface area (Å²) in [5, 5.41) is 3.88. The van der Waals surface area contributed by atoms with Crippen LogP contribution in [-0.4, -0.2) is 31.3 Å². The van der Waals surface area contributed by atoms with Crippen molar-refractivity contribution in [3.63, 3.8) is 0 Å². The van der Waals surface area contributed by atoms with Crippen molar-refractivity contribution in [2.45, 2.75) is 39.4 Å². The van der Waals surface area contributed by atoms with Gasteiger partial charge in [-0.15, -0.1) is 11.3 Å². The first-order valence-corrected chi connectivity index (χ1v) is 7.16. The molecule has 0 fully saturated rings. The third kappa shape index (κ3) is 5.36. The molecule has 0 aliphatic heterocycles. The van der Waals surface area contributed by atoms with Gasteiger partial charge in [0, 0.05) is 25.0 Å². The van der Waals surface area contributed by atoms with Crippen molar-refractivity contribution in [1.29, 1.82) is 0 Å². The number of hydrogen-bond donors (Lipinski definition) is 1. The summed E-state index contributed by atoms with van der Waals surface area (Å²) >= 11 is 1.47. The molecule has 19 heavy (non-hydrogen) atoms. The van der Waals surface area contributed by atoms with Crippen LogP contribution in [0.5, 0.6) is 0 Å². The Bertz CT molecular complexity index is 390. The summed E-state index contributed by atoms with van der Waals surface area (Å²) in [5.41, 5.74) is 0.972. The molecule has 3 nitrogen and oxygen atoms in total. The predicted octanol–water partition coefficient (Wildman–Crippen LogP) is 3.20. The van der Waals surface area contributed by atoms with Gasteiger partial charge in [-0.3, -0.25) is 0 Å². The second-order valence-corrected chi connectivity index (χ2v) is 5.35. The van der Waals surface area contributed by atoms with E-state index < -0.39 is 12.6 Å². The highest BCUT2D eigenvalue weighted by Gasteiger charge is 2.27. The third-order valence-corrected chi connectivity index (χ3v) is 3.91. The van der Waals surface area contributed by atoms with Crippen LogP contribution in [0.3, 0.4) is 0 Å². The molecule has 1 N–H and O–H groups in total. The van der Waals surface area contributed by atoms with E-state index in [1.54, 1.807) is 11.9 Å². The second-order valence-electron chi connectivity index (χ2n) is 4.29. The van der Waals surface area contributed by atoms with Crippen molar-refractivity contribution in [3.8, 4) is 0 Å². The molecule has 1 aromatic rings. The number of halogens is 3. The zero-order chi connectivity index (χ0) is 14.5. The Hall–Kier alpha value is -0.820. The molecule has 0 aromatic carbocycles. The molecule has 0 saturated carbocycles. The monoisotopic (exact) mass is 295 g/mol. The highest BCUT2D eigenvalue weighted by atomic mass is 32.1. The van der Waals surface area contributed by atoms with Gasteiger partial charge in [0.05, 0.1) is 12.1 Å². The van der Waals surface area contributed by atoms with Crippen molar-refractivity contribution in [3.05, 3.63) is 10.6 Å². The lowest BCUT2D eigenvalue weighted by Crippen LogP contribution is -2.23. The molecule has 0 radical (unpaired) electrons. The third-order valence-electron chi connectivity index (χ3n) is 2.69.